The van der Waals surface area contributed by atoms with Crippen molar-refractivity contribution in [1.82, 2.24) is 5.32 Å². The lowest BCUT2D eigenvalue weighted by Gasteiger charge is -2.20. The first-order chi connectivity index (χ1) is 11.6. The molecule has 0 fully saturated rings. The van der Waals surface area contributed by atoms with Crippen molar-refractivity contribution in [3.05, 3.63) is 70.8 Å². The van der Waals surface area contributed by atoms with Crippen molar-refractivity contribution in [2.24, 2.45) is 5.73 Å². The third kappa shape index (κ3) is 5.07. The van der Waals surface area contributed by atoms with Crippen molar-refractivity contribution in [3.63, 3.8) is 0 Å². The van der Waals surface area contributed by atoms with Crippen molar-refractivity contribution in [2.45, 2.75) is 51.1 Å². The van der Waals surface area contributed by atoms with Gasteiger partial charge in [0.05, 0.1) is 6.04 Å². The number of hydrogen-bond donors (Lipinski definition) is 2. The predicted octanol–water partition coefficient (Wildman–Crippen LogP) is 4.25. The number of halogens is 1. The van der Waals surface area contributed by atoms with Crippen molar-refractivity contribution >= 4 is 18.3 Å². The van der Waals surface area contributed by atoms with E-state index in [2.05, 4.69) is 23.5 Å². The Bertz CT molecular complexity index is 702. The van der Waals surface area contributed by atoms with E-state index in [9.17, 15) is 4.79 Å². The molecule has 0 saturated heterocycles. The summed E-state index contributed by atoms with van der Waals surface area (Å²) in [5.74, 6) is -0.00317. The van der Waals surface area contributed by atoms with E-state index in [1.165, 1.54) is 36.0 Å². The van der Waals surface area contributed by atoms with Crippen LogP contribution in [-0.4, -0.2) is 5.91 Å². The van der Waals surface area contributed by atoms with Crippen LogP contribution in [0, 0.1) is 0 Å². The number of benzene rings is 2. The van der Waals surface area contributed by atoms with Crippen LogP contribution < -0.4 is 11.1 Å². The van der Waals surface area contributed by atoms with Crippen LogP contribution >= 0.6 is 12.4 Å². The van der Waals surface area contributed by atoms with Gasteiger partial charge in [0, 0.05) is 12.5 Å². The fourth-order valence-corrected chi connectivity index (χ4v) is 3.42. The molecule has 3 N–H and O–H groups in total. The third-order valence-electron chi connectivity index (χ3n) is 4.88. The lowest BCUT2D eigenvalue weighted by Crippen LogP contribution is -2.30. The van der Waals surface area contributed by atoms with E-state index in [1.807, 2.05) is 37.3 Å². The molecule has 134 valence electrons. The van der Waals surface area contributed by atoms with Gasteiger partial charge in [-0.1, -0.05) is 48.5 Å². The summed E-state index contributed by atoms with van der Waals surface area (Å²) in [6, 6.07) is 16.1. The fourth-order valence-electron chi connectivity index (χ4n) is 3.42. The second-order valence-corrected chi connectivity index (χ2v) is 6.75. The van der Waals surface area contributed by atoms with Crippen LogP contribution in [0.4, 0.5) is 0 Å². The van der Waals surface area contributed by atoms with Gasteiger partial charge in [0.2, 0.25) is 5.91 Å². The summed E-state index contributed by atoms with van der Waals surface area (Å²) in [5, 5.41) is 3.08. The Morgan fingerprint density at radius 2 is 1.72 bits per heavy atom. The number of fused-ring (bicyclic) bond motifs is 1. The minimum Gasteiger partial charge on any atom is -0.350 e. The summed E-state index contributed by atoms with van der Waals surface area (Å²) < 4.78 is 0. The molecule has 1 aliphatic rings. The van der Waals surface area contributed by atoms with Crippen molar-refractivity contribution < 1.29 is 4.79 Å². The molecule has 0 aromatic heterocycles. The van der Waals surface area contributed by atoms with Gasteiger partial charge in [-0.15, -0.1) is 12.4 Å². The number of nitrogens with two attached hydrogens (primary N) is 1. The van der Waals surface area contributed by atoms with Crippen LogP contribution in [0.3, 0.4) is 0 Å². The normalized spacial score (nSPS) is 15.4. The van der Waals surface area contributed by atoms with Gasteiger partial charge in [-0.3, -0.25) is 4.79 Å². The minimum absolute atomic E-state index is 0. The van der Waals surface area contributed by atoms with E-state index in [4.69, 9.17) is 5.73 Å². The first kappa shape index (κ1) is 19.5. The predicted molar refractivity (Wildman–Crippen MR) is 105 cm³/mol. The van der Waals surface area contributed by atoms with Crippen LogP contribution in [0.15, 0.2) is 48.5 Å². The van der Waals surface area contributed by atoms with E-state index >= 15 is 0 Å². The molecule has 1 amide bonds. The molecule has 3 rings (SSSR count). The molecule has 4 heteroatoms. The average molecular weight is 359 g/mol. The highest BCUT2D eigenvalue weighted by atomic mass is 35.5. The summed E-state index contributed by atoms with van der Waals surface area (Å²) in [5.41, 5.74) is 11.2. The second kappa shape index (κ2) is 9.02. The Morgan fingerprint density at radius 3 is 2.44 bits per heavy atom. The van der Waals surface area contributed by atoms with Gasteiger partial charge in [-0.25, -0.2) is 0 Å². The maximum atomic E-state index is 12.3. The SMILES string of the molecule is CC(NC(=O)CC(N)c1ccccc1)c1ccc2c(c1)CCCC2.Cl. The highest BCUT2D eigenvalue weighted by molar-refractivity contribution is 5.85. The van der Waals surface area contributed by atoms with E-state index in [1.54, 1.807) is 0 Å². The van der Waals surface area contributed by atoms with Crippen LogP contribution in [0.2, 0.25) is 0 Å². The van der Waals surface area contributed by atoms with Crippen LogP contribution in [0.25, 0.3) is 0 Å². The Hall–Kier alpha value is -1.84. The molecule has 0 radical (unpaired) electrons. The monoisotopic (exact) mass is 358 g/mol. The summed E-state index contributed by atoms with van der Waals surface area (Å²) in [6.45, 7) is 2.04. The molecule has 2 unspecified atom stereocenters. The van der Waals surface area contributed by atoms with Gasteiger partial charge < -0.3 is 11.1 Å². The van der Waals surface area contributed by atoms with Crippen LogP contribution in [-0.2, 0) is 17.6 Å². The first-order valence-electron chi connectivity index (χ1n) is 8.85. The second-order valence-electron chi connectivity index (χ2n) is 6.75. The highest BCUT2D eigenvalue weighted by Crippen LogP contribution is 2.25. The van der Waals surface area contributed by atoms with E-state index in [0.29, 0.717) is 6.42 Å². The van der Waals surface area contributed by atoms with Gasteiger partial charge >= 0.3 is 0 Å². The Kier molecular flexibility index (Phi) is 7.03. The van der Waals surface area contributed by atoms with Gasteiger partial charge in [0.15, 0.2) is 0 Å². The van der Waals surface area contributed by atoms with Gasteiger partial charge in [0.25, 0.3) is 0 Å². The molecule has 0 bridgehead atoms. The molecule has 0 spiro atoms. The smallest absolute Gasteiger partial charge is 0.222 e. The molecule has 25 heavy (non-hydrogen) atoms. The number of nitrogens with one attached hydrogen (secondary N) is 1. The zero-order chi connectivity index (χ0) is 16.9. The van der Waals surface area contributed by atoms with E-state index < -0.39 is 0 Å². The summed E-state index contributed by atoms with van der Waals surface area (Å²) in [4.78, 5) is 12.3. The van der Waals surface area contributed by atoms with Gasteiger partial charge in [-0.05, 0) is 54.9 Å². The fraction of sp³-hybridized carbons (Fsp3) is 0.381. The van der Waals surface area contributed by atoms with Crippen LogP contribution in [0.5, 0.6) is 0 Å². The molecule has 1 aliphatic carbocycles. The largest absolute Gasteiger partial charge is 0.350 e. The average Bonchev–Trinajstić information content (AvgIpc) is 2.61. The number of aryl methyl sites for hydroxylation is 2. The number of rotatable bonds is 5. The molecule has 2 aromatic carbocycles. The Morgan fingerprint density at radius 1 is 1.04 bits per heavy atom. The standard InChI is InChI=1S/C21H26N2O.ClH/c1-15(18-12-11-16-7-5-6-10-19(16)13-18)23-21(24)14-20(22)17-8-3-2-4-9-17;/h2-4,8-9,11-13,15,20H,5-7,10,14,22H2,1H3,(H,23,24);1H. The van der Waals surface area contributed by atoms with E-state index in [-0.39, 0.29) is 30.4 Å². The zero-order valence-electron chi connectivity index (χ0n) is 14.7. The Balaban J connectivity index is 0.00000225. The van der Waals surface area contributed by atoms with Crippen molar-refractivity contribution in [1.29, 1.82) is 0 Å². The lowest BCUT2D eigenvalue weighted by atomic mass is 9.89. The third-order valence-corrected chi connectivity index (χ3v) is 4.88. The van der Waals surface area contributed by atoms with Crippen molar-refractivity contribution in [3.8, 4) is 0 Å². The zero-order valence-corrected chi connectivity index (χ0v) is 15.5. The molecule has 0 heterocycles. The number of carbonyl (C=O) groups excluding carboxylic acids is 1. The lowest BCUT2D eigenvalue weighted by molar-refractivity contribution is -0.122. The summed E-state index contributed by atoms with van der Waals surface area (Å²) in [7, 11) is 0. The summed E-state index contributed by atoms with van der Waals surface area (Å²) in [6.07, 6.45) is 5.20. The minimum atomic E-state index is -0.262. The van der Waals surface area contributed by atoms with Gasteiger partial charge in [-0.2, -0.15) is 0 Å². The van der Waals surface area contributed by atoms with E-state index in [0.717, 1.165) is 12.0 Å². The molecule has 0 saturated carbocycles. The molecule has 2 aromatic rings. The quantitative estimate of drug-likeness (QED) is 0.839. The highest BCUT2D eigenvalue weighted by Gasteiger charge is 2.16. The van der Waals surface area contributed by atoms with Crippen molar-refractivity contribution in [2.75, 3.05) is 0 Å². The first-order valence-corrected chi connectivity index (χ1v) is 8.85. The molecular weight excluding hydrogens is 332 g/mol. The van der Waals surface area contributed by atoms with Gasteiger partial charge in [0.1, 0.15) is 0 Å². The molecule has 2 atom stereocenters. The molecular formula is C21H27ClN2O. The number of hydrogen-bond acceptors (Lipinski definition) is 2. The molecule has 3 nitrogen and oxygen atoms in total. The topological polar surface area (TPSA) is 55.1 Å². The Labute approximate surface area is 156 Å². The summed E-state index contributed by atoms with van der Waals surface area (Å²) >= 11 is 0. The van der Waals surface area contributed by atoms with Crippen LogP contribution in [0.1, 0.15) is 60.5 Å². The maximum Gasteiger partial charge on any atom is 0.222 e. The molecule has 0 aliphatic heterocycles. The maximum absolute atomic E-state index is 12.3. The number of amides is 1. The number of carbonyl (C=O) groups is 1.